The fourth-order valence-corrected chi connectivity index (χ4v) is 2.71. The SMILES string of the molecule is N#Cc1cncc([N+]23C=CN=CC2=NC(Nc2ccc(CO)cc2)=N3)c1. The number of hydrogen-bond donors (Lipinski definition) is 2. The van der Waals surface area contributed by atoms with E-state index in [9.17, 15) is 0 Å². The number of aliphatic hydroxyl groups is 1. The molecule has 8 nitrogen and oxygen atoms in total. The van der Waals surface area contributed by atoms with Gasteiger partial charge in [-0.15, -0.1) is 0 Å². The van der Waals surface area contributed by atoms with Crippen LogP contribution in [-0.2, 0) is 6.61 Å². The first-order valence-electron chi connectivity index (χ1n) is 7.85. The van der Waals surface area contributed by atoms with Crippen LogP contribution < -0.4 is 9.91 Å². The predicted octanol–water partition coefficient (Wildman–Crippen LogP) is 2.10. The first-order valence-corrected chi connectivity index (χ1v) is 7.85. The van der Waals surface area contributed by atoms with Crippen LogP contribution in [0.5, 0.6) is 0 Å². The zero-order valence-electron chi connectivity index (χ0n) is 13.6. The van der Waals surface area contributed by atoms with Gasteiger partial charge in [0.2, 0.25) is 0 Å². The smallest absolute Gasteiger partial charge is 0.287 e. The summed E-state index contributed by atoms with van der Waals surface area (Å²) in [5.41, 5.74) is 2.76. The Bertz CT molecular complexity index is 1010. The number of guanidine groups is 1. The Morgan fingerprint density at radius 2 is 2.04 bits per heavy atom. The van der Waals surface area contributed by atoms with E-state index in [1.54, 1.807) is 30.9 Å². The van der Waals surface area contributed by atoms with Gasteiger partial charge in [-0.25, -0.2) is 0 Å². The lowest BCUT2D eigenvalue weighted by Crippen LogP contribution is -2.44. The molecule has 0 saturated heterocycles. The molecule has 0 spiro atoms. The van der Waals surface area contributed by atoms with Crippen molar-refractivity contribution in [3.63, 3.8) is 0 Å². The number of amidine groups is 1. The fraction of sp³-hybridized carbons (Fsp3) is 0.0556. The highest BCUT2D eigenvalue weighted by Crippen LogP contribution is 2.31. The Labute approximate surface area is 149 Å². The third kappa shape index (κ3) is 2.67. The molecule has 0 radical (unpaired) electrons. The number of pyridine rings is 1. The number of aliphatic hydroxyl groups excluding tert-OH is 1. The number of aromatic nitrogens is 1. The molecule has 0 bridgehead atoms. The summed E-state index contributed by atoms with van der Waals surface area (Å²) in [5, 5.41) is 26.1. The molecule has 8 heteroatoms. The number of quaternary nitrogens is 1. The molecule has 1 atom stereocenters. The van der Waals surface area contributed by atoms with Crippen LogP contribution in [0.3, 0.4) is 0 Å². The lowest BCUT2D eigenvalue weighted by molar-refractivity contribution is 0.282. The highest BCUT2D eigenvalue weighted by Gasteiger charge is 2.43. The number of benzene rings is 1. The second-order valence-corrected chi connectivity index (χ2v) is 5.68. The van der Waals surface area contributed by atoms with Crippen molar-refractivity contribution in [2.45, 2.75) is 6.61 Å². The summed E-state index contributed by atoms with van der Waals surface area (Å²) in [6.45, 7) is -0.00693. The number of nitriles is 1. The van der Waals surface area contributed by atoms with Crippen LogP contribution in [0.2, 0.25) is 0 Å². The minimum atomic E-state index is -0.0386. The Morgan fingerprint density at radius 3 is 2.81 bits per heavy atom. The van der Waals surface area contributed by atoms with Crippen molar-refractivity contribution < 1.29 is 5.11 Å². The van der Waals surface area contributed by atoms with Crippen LogP contribution >= 0.6 is 0 Å². The quantitative estimate of drug-likeness (QED) is 0.832. The maximum absolute atomic E-state index is 9.15. The fourth-order valence-electron chi connectivity index (χ4n) is 2.71. The zero-order valence-corrected chi connectivity index (χ0v) is 13.6. The van der Waals surface area contributed by atoms with E-state index in [1.807, 2.05) is 24.3 Å². The summed E-state index contributed by atoms with van der Waals surface area (Å²) in [6, 6.07) is 11.2. The molecule has 2 N–H and O–H groups in total. The van der Waals surface area contributed by atoms with Crippen LogP contribution in [0.15, 0.2) is 70.2 Å². The summed E-state index contributed by atoms with van der Waals surface area (Å²) < 4.78 is -0.0386. The molecule has 1 aromatic heterocycles. The molecule has 3 heterocycles. The number of rotatable bonds is 3. The molecule has 2 aromatic rings. The van der Waals surface area contributed by atoms with Gasteiger partial charge in [0.15, 0.2) is 11.9 Å². The molecule has 0 amide bonds. The van der Waals surface area contributed by atoms with E-state index >= 15 is 0 Å². The van der Waals surface area contributed by atoms with Gasteiger partial charge in [0.05, 0.1) is 24.6 Å². The van der Waals surface area contributed by atoms with Crippen molar-refractivity contribution in [1.82, 2.24) is 9.58 Å². The van der Waals surface area contributed by atoms with Gasteiger partial charge in [-0.3, -0.25) is 9.98 Å². The normalized spacial score (nSPS) is 20.2. The summed E-state index contributed by atoms with van der Waals surface area (Å²) in [4.78, 5) is 12.8. The van der Waals surface area contributed by atoms with Crippen molar-refractivity contribution in [1.29, 1.82) is 5.26 Å². The number of aliphatic imine (C=N–C) groups is 2. The summed E-state index contributed by atoms with van der Waals surface area (Å²) in [6.07, 6.45) is 8.21. The van der Waals surface area contributed by atoms with Crippen LogP contribution in [0, 0.1) is 11.3 Å². The van der Waals surface area contributed by atoms with Crippen molar-refractivity contribution in [3.8, 4) is 6.07 Å². The monoisotopic (exact) mass is 344 g/mol. The maximum Gasteiger partial charge on any atom is 0.287 e. The minimum Gasteiger partial charge on any atom is -0.392 e. The van der Waals surface area contributed by atoms with Crippen LogP contribution in [-0.4, -0.2) is 28.1 Å². The Morgan fingerprint density at radius 1 is 1.19 bits per heavy atom. The average molecular weight is 344 g/mol. The molecular formula is C18H14N7O+. The molecule has 1 unspecified atom stereocenters. The highest BCUT2D eigenvalue weighted by molar-refractivity contribution is 6.38. The second-order valence-electron chi connectivity index (χ2n) is 5.68. The largest absolute Gasteiger partial charge is 0.392 e. The van der Waals surface area contributed by atoms with Gasteiger partial charge in [-0.1, -0.05) is 16.7 Å². The topological polar surface area (TPSA) is 106 Å². The highest BCUT2D eigenvalue weighted by atomic mass is 16.3. The van der Waals surface area contributed by atoms with E-state index in [0.717, 1.165) is 11.3 Å². The van der Waals surface area contributed by atoms with E-state index < -0.39 is 0 Å². The van der Waals surface area contributed by atoms with Gasteiger partial charge in [0.25, 0.3) is 11.8 Å². The molecule has 0 saturated carbocycles. The first-order chi connectivity index (χ1) is 12.7. The third-order valence-electron chi connectivity index (χ3n) is 4.02. The lowest BCUT2D eigenvalue weighted by atomic mass is 10.2. The van der Waals surface area contributed by atoms with Crippen molar-refractivity contribution in [2.75, 3.05) is 5.32 Å². The van der Waals surface area contributed by atoms with Gasteiger partial charge < -0.3 is 10.4 Å². The molecule has 4 rings (SSSR count). The van der Waals surface area contributed by atoms with Gasteiger partial charge in [-0.05, 0) is 22.8 Å². The number of nitrogens with one attached hydrogen (secondary N) is 1. The number of hydrogen-bond acceptors (Lipinski definition) is 7. The van der Waals surface area contributed by atoms with E-state index in [-0.39, 0.29) is 11.2 Å². The lowest BCUT2D eigenvalue weighted by Gasteiger charge is -2.23. The molecule has 1 aromatic carbocycles. The molecule has 0 aliphatic carbocycles. The maximum atomic E-state index is 9.15. The van der Waals surface area contributed by atoms with Crippen molar-refractivity contribution in [3.05, 3.63) is 66.3 Å². The first kappa shape index (κ1) is 15.8. The standard InChI is InChI=1S/C18H14N7O/c19-8-14-7-16(10-21-9-14)25-6-5-20-11-17(25)23-18(24-25)22-15-3-1-13(12-26)2-4-15/h1-7,9-11,26H,12H2,(H,22,24)/q+1. The van der Waals surface area contributed by atoms with E-state index in [2.05, 4.69) is 31.5 Å². The summed E-state index contributed by atoms with van der Waals surface area (Å²) >= 11 is 0. The van der Waals surface area contributed by atoms with E-state index in [1.165, 1.54) is 6.20 Å². The number of fused-ring (bicyclic) bond motifs is 1. The molecule has 26 heavy (non-hydrogen) atoms. The third-order valence-corrected chi connectivity index (χ3v) is 4.02. The zero-order chi connectivity index (χ0) is 18.0. The Hall–Kier alpha value is -3.67. The minimum absolute atomic E-state index is 0.00693. The van der Waals surface area contributed by atoms with Crippen LogP contribution in [0.25, 0.3) is 0 Å². The van der Waals surface area contributed by atoms with Crippen LogP contribution in [0.1, 0.15) is 11.1 Å². The van der Waals surface area contributed by atoms with Crippen molar-refractivity contribution >= 4 is 29.4 Å². The van der Waals surface area contributed by atoms with E-state index in [0.29, 0.717) is 23.0 Å². The van der Waals surface area contributed by atoms with Gasteiger partial charge in [0, 0.05) is 18.0 Å². The molecule has 126 valence electrons. The molecule has 2 aliphatic rings. The van der Waals surface area contributed by atoms with Gasteiger partial charge in [0.1, 0.15) is 12.3 Å². The predicted molar refractivity (Wildman–Crippen MR) is 99.2 cm³/mol. The Kier molecular flexibility index (Phi) is 3.85. The summed E-state index contributed by atoms with van der Waals surface area (Å²) in [5.74, 6) is 1.01. The molecule has 2 aliphatic heterocycles. The Balaban J connectivity index is 1.71. The number of anilines is 1. The molecule has 0 fully saturated rings. The van der Waals surface area contributed by atoms with Crippen LogP contribution in [0.4, 0.5) is 11.4 Å². The summed E-state index contributed by atoms with van der Waals surface area (Å²) in [7, 11) is 0. The van der Waals surface area contributed by atoms with Gasteiger partial charge in [-0.2, -0.15) is 10.3 Å². The van der Waals surface area contributed by atoms with Gasteiger partial charge >= 0.3 is 0 Å². The molecular weight excluding hydrogens is 330 g/mol. The average Bonchev–Trinajstić information content (AvgIpc) is 3.08. The number of nitrogens with zero attached hydrogens (tertiary/aromatic N) is 6. The van der Waals surface area contributed by atoms with Crippen molar-refractivity contribution in [2.24, 2.45) is 15.1 Å². The van der Waals surface area contributed by atoms with E-state index in [4.69, 9.17) is 10.4 Å². The second kappa shape index (κ2) is 6.33.